The van der Waals surface area contributed by atoms with Crippen LogP contribution in [0.2, 0.25) is 0 Å². The maximum atomic E-state index is 12.5. The lowest BCUT2D eigenvalue weighted by Crippen LogP contribution is -2.24. The number of nitrogens with zero attached hydrogens (tertiary/aromatic N) is 4. The van der Waals surface area contributed by atoms with Gasteiger partial charge in [-0.3, -0.25) is 4.68 Å². The second kappa shape index (κ2) is 5.76. The van der Waals surface area contributed by atoms with E-state index in [0.29, 0.717) is 6.04 Å². The van der Waals surface area contributed by atoms with Crippen LogP contribution in [0.15, 0.2) is 23.5 Å². The zero-order valence-electron chi connectivity index (χ0n) is 13.0. The number of rotatable bonds is 5. The zero-order valence-corrected chi connectivity index (χ0v) is 13.8. The smallest absolute Gasteiger partial charge is 0.244 e. The molecule has 1 aliphatic carbocycles. The van der Waals surface area contributed by atoms with Crippen molar-refractivity contribution in [1.29, 1.82) is 0 Å². The van der Waals surface area contributed by atoms with Gasteiger partial charge in [-0.2, -0.15) is 5.10 Å². The van der Waals surface area contributed by atoms with E-state index >= 15 is 0 Å². The van der Waals surface area contributed by atoms with Crippen LogP contribution in [0.4, 0.5) is 0 Å². The minimum absolute atomic E-state index is 0.241. The van der Waals surface area contributed by atoms with Crippen molar-refractivity contribution >= 4 is 10.0 Å². The number of hydrogen-bond donors (Lipinski definition) is 1. The van der Waals surface area contributed by atoms with Crippen LogP contribution >= 0.6 is 0 Å². The third kappa shape index (κ3) is 2.81. The van der Waals surface area contributed by atoms with Crippen LogP contribution in [0.5, 0.6) is 0 Å². The summed E-state index contributed by atoms with van der Waals surface area (Å²) < 4.78 is 31.5. The Bertz CT molecular complexity index is 802. The fourth-order valence-corrected chi connectivity index (χ4v) is 4.48. The molecule has 1 saturated carbocycles. The summed E-state index contributed by atoms with van der Waals surface area (Å²) in [6.07, 6.45) is 11.5. The number of hydrogen-bond acceptors (Lipinski definition) is 4. The first-order chi connectivity index (χ1) is 11.1. The normalized spacial score (nSPS) is 18.6. The summed E-state index contributed by atoms with van der Waals surface area (Å²) in [5.41, 5.74) is 0.921. The van der Waals surface area contributed by atoms with E-state index in [1.54, 1.807) is 17.1 Å². The fourth-order valence-electron chi connectivity index (χ4n) is 3.54. The Balaban J connectivity index is 1.47. The summed E-state index contributed by atoms with van der Waals surface area (Å²) >= 11 is 0. The molecule has 7 nitrogen and oxygen atoms in total. The molecule has 0 unspecified atom stereocenters. The zero-order chi connectivity index (χ0) is 15.9. The lowest BCUT2D eigenvalue weighted by atomic mass is 10.3. The molecule has 0 saturated heterocycles. The van der Waals surface area contributed by atoms with E-state index in [-0.39, 0.29) is 11.4 Å². The van der Waals surface area contributed by atoms with Gasteiger partial charge in [0, 0.05) is 25.4 Å². The van der Waals surface area contributed by atoms with Crippen molar-refractivity contribution in [3.05, 3.63) is 30.1 Å². The van der Waals surface area contributed by atoms with E-state index in [9.17, 15) is 8.42 Å². The van der Waals surface area contributed by atoms with Crippen molar-refractivity contribution in [3.8, 4) is 0 Å². The van der Waals surface area contributed by atoms with Crippen molar-refractivity contribution in [2.75, 3.05) is 0 Å². The second-order valence-corrected chi connectivity index (χ2v) is 8.11. The molecule has 2 aliphatic rings. The van der Waals surface area contributed by atoms with Crippen molar-refractivity contribution in [1.82, 2.24) is 24.1 Å². The van der Waals surface area contributed by atoms with E-state index in [1.165, 1.54) is 19.0 Å². The highest BCUT2D eigenvalue weighted by molar-refractivity contribution is 7.89. The third-order valence-corrected chi connectivity index (χ3v) is 6.19. The third-order valence-electron chi connectivity index (χ3n) is 4.83. The van der Waals surface area contributed by atoms with Crippen LogP contribution in [0, 0.1) is 0 Å². The molecule has 2 aromatic rings. The highest BCUT2D eigenvalue weighted by atomic mass is 32.2. The summed E-state index contributed by atoms with van der Waals surface area (Å²) in [6, 6.07) is 0.344. The molecule has 0 spiro atoms. The Labute approximate surface area is 135 Å². The topological polar surface area (TPSA) is 81.8 Å². The molecule has 1 fully saturated rings. The Morgan fingerprint density at radius 2 is 2.04 bits per heavy atom. The van der Waals surface area contributed by atoms with Gasteiger partial charge >= 0.3 is 0 Å². The number of imidazole rings is 1. The molecule has 0 amide bonds. The van der Waals surface area contributed by atoms with Crippen molar-refractivity contribution in [2.24, 2.45) is 0 Å². The van der Waals surface area contributed by atoms with Crippen LogP contribution in [-0.2, 0) is 29.5 Å². The van der Waals surface area contributed by atoms with Gasteiger partial charge in [-0.05, 0) is 19.3 Å². The second-order valence-electron chi connectivity index (χ2n) is 6.34. The molecule has 3 heterocycles. The minimum Gasteiger partial charge on any atom is -0.331 e. The Kier molecular flexibility index (Phi) is 3.73. The summed E-state index contributed by atoms with van der Waals surface area (Å²) in [5, 5.41) is 4.25. The van der Waals surface area contributed by atoms with E-state index in [2.05, 4.69) is 19.4 Å². The predicted molar refractivity (Wildman–Crippen MR) is 84.3 cm³/mol. The Hall–Kier alpha value is -1.67. The van der Waals surface area contributed by atoms with Crippen LogP contribution in [0.1, 0.15) is 49.7 Å². The van der Waals surface area contributed by atoms with Crippen LogP contribution in [0.25, 0.3) is 0 Å². The molecule has 0 radical (unpaired) electrons. The summed E-state index contributed by atoms with van der Waals surface area (Å²) in [6.45, 7) is 1.19. The van der Waals surface area contributed by atoms with Crippen molar-refractivity contribution in [2.45, 2.75) is 62.6 Å². The number of aromatic nitrogens is 4. The average molecular weight is 335 g/mol. The maximum absolute atomic E-state index is 12.5. The van der Waals surface area contributed by atoms with Crippen LogP contribution in [0.3, 0.4) is 0 Å². The summed E-state index contributed by atoms with van der Waals surface area (Å²) in [7, 11) is -3.54. The van der Waals surface area contributed by atoms with E-state index < -0.39 is 10.0 Å². The standard InChI is InChI=1S/C15H21N5O2S/c21-23(22,14-10-17-20(11-14)12-4-1-2-5-12)18-9-13-8-16-15-6-3-7-19(13)15/h8,10-12,18H,1-7,9H2. The number of sulfonamides is 1. The highest BCUT2D eigenvalue weighted by Gasteiger charge is 2.23. The lowest BCUT2D eigenvalue weighted by Gasteiger charge is -2.09. The van der Waals surface area contributed by atoms with Gasteiger partial charge in [0.05, 0.1) is 24.5 Å². The van der Waals surface area contributed by atoms with Gasteiger partial charge in [0.2, 0.25) is 10.0 Å². The van der Waals surface area contributed by atoms with Gasteiger partial charge in [-0.25, -0.2) is 18.1 Å². The number of nitrogens with one attached hydrogen (secondary N) is 1. The van der Waals surface area contributed by atoms with Gasteiger partial charge in [-0.15, -0.1) is 0 Å². The van der Waals surface area contributed by atoms with Gasteiger partial charge < -0.3 is 4.57 Å². The first-order valence-corrected chi connectivity index (χ1v) is 9.69. The molecule has 124 valence electrons. The van der Waals surface area contributed by atoms with E-state index in [0.717, 1.165) is 43.7 Å². The molecule has 8 heteroatoms. The minimum atomic E-state index is -3.54. The molecule has 0 aromatic carbocycles. The van der Waals surface area contributed by atoms with E-state index in [4.69, 9.17) is 0 Å². The fraction of sp³-hybridized carbons (Fsp3) is 0.600. The number of fused-ring (bicyclic) bond motifs is 1. The number of aryl methyl sites for hydroxylation is 1. The molecule has 2 aromatic heterocycles. The van der Waals surface area contributed by atoms with Gasteiger partial charge in [0.15, 0.2) is 0 Å². The Morgan fingerprint density at radius 3 is 2.87 bits per heavy atom. The lowest BCUT2D eigenvalue weighted by molar-refractivity contribution is 0.466. The average Bonchev–Trinajstić information content (AvgIpc) is 3.27. The Morgan fingerprint density at radius 1 is 1.22 bits per heavy atom. The molecule has 4 rings (SSSR count). The van der Waals surface area contributed by atoms with Gasteiger partial charge in [-0.1, -0.05) is 12.8 Å². The summed E-state index contributed by atoms with van der Waals surface area (Å²) in [5.74, 6) is 1.05. The van der Waals surface area contributed by atoms with Crippen LogP contribution < -0.4 is 4.72 Å². The molecular weight excluding hydrogens is 314 g/mol. The van der Waals surface area contributed by atoms with Crippen LogP contribution in [-0.4, -0.2) is 27.7 Å². The maximum Gasteiger partial charge on any atom is 0.244 e. The quantitative estimate of drug-likeness (QED) is 0.900. The van der Waals surface area contributed by atoms with Crippen molar-refractivity contribution in [3.63, 3.8) is 0 Å². The van der Waals surface area contributed by atoms with Crippen molar-refractivity contribution < 1.29 is 8.42 Å². The highest BCUT2D eigenvalue weighted by Crippen LogP contribution is 2.29. The largest absolute Gasteiger partial charge is 0.331 e. The molecule has 0 atom stereocenters. The van der Waals surface area contributed by atoms with E-state index in [1.807, 2.05) is 0 Å². The molecule has 0 bridgehead atoms. The van der Waals surface area contributed by atoms with Gasteiger partial charge in [0.25, 0.3) is 0 Å². The molecule has 1 aliphatic heterocycles. The predicted octanol–water partition coefficient (Wildman–Crippen LogP) is 1.62. The summed E-state index contributed by atoms with van der Waals surface area (Å²) in [4.78, 5) is 4.58. The molecule has 1 N–H and O–H groups in total. The van der Waals surface area contributed by atoms with Gasteiger partial charge in [0.1, 0.15) is 10.7 Å². The monoisotopic (exact) mass is 335 g/mol. The SMILES string of the molecule is O=S(=O)(NCc1cnc2n1CCC2)c1cnn(C2CCCC2)c1. The molecular formula is C15H21N5O2S. The first kappa shape index (κ1) is 14.9. The molecule has 23 heavy (non-hydrogen) atoms. The first-order valence-electron chi connectivity index (χ1n) is 8.20.